The van der Waals surface area contributed by atoms with Crippen LogP contribution in [0.5, 0.6) is 0 Å². The van der Waals surface area contributed by atoms with Crippen LogP contribution < -0.4 is 5.32 Å². The van der Waals surface area contributed by atoms with Crippen molar-refractivity contribution in [3.8, 4) is 0 Å². The second-order valence-electron chi connectivity index (χ2n) is 7.08. The first-order chi connectivity index (χ1) is 12.5. The zero-order valence-corrected chi connectivity index (χ0v) is 15.3. The molecule has 0 aromatic heterocycles. The molecule has 0 spiro atoms. The van der Waals surface area contributed by atoms with E-state index in [-0.39, 0.29) is 35.8 Å². The van der Waals surface area contributed by atoms with E-state index < -0.39 is 0 Å². The number of benzene rings is 1. The van der Waals surface area contributed by atoms with Crippen molar-refractivity contribution in [1.82, 2.24) is 15.1 Å². The van der Waals surface area contributed by atoms with Gasteiger partial charge in [-0.1, -0.05) is 12.1 Å². The summed E-state index contributed by atoms with van der Waals surface area (Å²) >= 11 is 0. The summed E-state index contributed by atoms with van der Waals surface area (Å²) in [6.07, 6.45) is 1.90. The Balaban J connectivity index is 1.69. The number of carbonyl (C=O) groups excluding carboxylic acids is 2. The fourth-order valence-electron chi connectivity index (χ4n) is 4.04. The van der Waals surface area contributed by atoms with E-state index in [9.17, 15) is 14.0 Å². The first kappa shape index (κ1) is 18.8. The number of ether oxygens (including phenoxy) is 1. The highest BCUT2D eigenvalue weighted by Gasteiger charge is 2.44. The van der Waals surface area contributed by atoms with Gasteiger partial charge >= 0.3 is 5.97 Å². The largest absolute Gasteiger partial charge is 0.469 e. The molecule has 142 valence electrons. The Labute approximate surface area is 153 Å². The number of likely N-dealkylation sites (N-methyl/N-ethyl adjacent to an activating group) is 1. The maximum atomic E-state index is 13.1. The smallest absolute Gasteiger partial charge is 0.305 e. The van der Waals surface area contributed by atoms with Gasteiger partial charge in [0.15, 0.2) is 0 Å². The molecule has 2 fully saturated rings. The van der Waals surface area contributed by atoms with Crippen molar-refractivity contribution in [2.24, 2.45) is 0 Å². The fourth-order valence-corrected chi connectivity index (χ4v) is 4.04. The molecule has 3 atom stereocenters. The van der Waals surface area contributed by atoms with E-state index in [0.29, 0.717) is 25.9 Å². The topological polar surface area (TPSA) is 61.9 Å². The van der Waals surface area contributed by atoms with Gasteiger partial charge in [0.2, 0.25) is 5.91 Å². The van der Waals surface area contributed by atoms with Crippen LogP contribution in [0.2, 0.25) is 0 Å². The molecule has 1 amide bonds. The number of hydrogen-bond acceptors (Lipinski definition) is 5. The number of esters is 1. The lowest BCUT2D eigenvalue weighted by atomic mass is 10.0. The van der Waals surface area contributed by atoms with Crippen molar-refractivity contribution < 1.29 is 18.7 Å². The van der Waals surface area contributed by atoms with Crippen LogP contribution in [0, 0.1) is 5.82 Å². The highest BCUT2D eigenvalue weighted by molar-refractivity contribution is 5.83. The molecule has 0 bridgehead atoms. The monoisotopic (exact) mass is 363 g/mol. The molecule has 1 aromatic rings. The quantitative estimate of drug-likeness (QED) is 0.796. The van der Waals surface area contributed by atoms with Gasteiger partial charge in [-0.3, -0.25) is 19.4 Å². The summed E-state index contributed by atoms with van der Waals surface area (Å²) < 4.78 is 17.8. The highest BCUT2D eigenvalue weighted by atomic mass is 19.1. The molecule has 0 saturated carbocycles. The van der Waals surface area contributed by atoms with Crippen molar-refractivity contribution in [3.63, 3.8) is 0 Å². The van der Waals surface area contributed by atoms with Gasteiger partial charge in [0, 0.05) is 38.1 Å². The summed E-state index contributed by atoms with van der Waals surface area (Å²) in [5.41, 5.74) is 0.994. The zero-order chi connectivity index (χ0) is 18.7. The van der Waals surface area contributed by atoms with Crippen LogP contribution in [-0.4, -0.2) is 67.0 Å². The minimum Gasteiger partial charge on any atom is -0.469 e. The van der Waals surface area contributed by atoms with Gasteiger partial charge in [-0.2, -0.15) is 0 Å². The van der Waals surface area contributed by atoms with E-state index >= 15 is 0 Å². The van der Waals surface area contributed by atoms with E-state index in [1.54, 1.807) is 12.1 Å². The number of likely N-dealkylation sites (tertiary alicyclic amines) is 1. The first-order valence-corrected chi connectivity index (χ1v) is 9.04. The van der Waals surface area contributed by atoms with E-state index in [0.717, 1.165) is 18.5 Å². The third kappa shape index (κ3) is 4.04. The number of hydrogen-bond donors (Lipinski definition) is 1. The number of amides is 1. The van der Waals surface area contributed by atoms with Gasteiger partial charge < -0.3 is 10.1 Å². The molecular formula is C19H26FN3O3. The molecule has 0 unspecified atom stereocenters. The minimum atomic E-state index is -0.256. The SMILES string of the molecule is COC(=O)CC[C@H]1CNC(=O)[C@@H]2[C@H](CCN2Cc2ccc(F)cc2)N1C. The molecule has 3 rings (SSSR count). The van der Waals surface area contributed by atoms with Crippen molar-refractivity contribution in [2.45, 2.75) is 43.9 Å². The van der Waals surface area contributed by atoms with Crippen molar-refractivity contribution >= 4 is 11.9 Å². The van der Waals surface area contributed by atoms with Gasteiger partial charge in [-0.05, 0) is 37.6 Å². The van der Waals surface area contributed by atoms with Crippen molar-refractivity contribution in [1.29, 1.82) is 0 Å². The third-order valence-corrected chi connectivity index (χ3v) is 5.56. The number of rotatable bonds is 5. The molecular weight excluding hydrogens is 337 g/mol. The second kappa shape index (κ2) is 8.14. The number of nitrogens with one attached hydrogen (secondary N) is 1. The molecule has 1 N–H and O–H groups in total. The lowest BCUT2D eigenvalue weighted by Crippen LogP contribution is -2.49. The molecule has 1 aromatic carbocycles. The third-order valence-electron chi connectivity index (χ3n) is 5.56. The number of carbonyl (C=O) groups is 2. The Morgan fingerprint density at radius 3 is 2.77 bits per heavy atom. The Morgan fingerprint density at radius 1 is 1.35 bits per heavy atom. The zero-order valence-electron chi connectivity index (χ0n) is 15.3. The van der Waals surface area contributed by atoms with Gasteiger partial charge in [0.05, 0.1) is 7.11 Å². The predicted molar refractivity (Wildman–Crippen MR) is 94.8 cm³/mol. The van der Waals surface area contributed by atoms with E-state index in [1.807, 2.05) is 7.05 Å². The van der Waals surface area contributed by atoms with Crippen molar-refractivity contribution in [2.75, 3.05) is 27.2 Å². The number of nitrogens with zero attached hydrogens (tertiary/aromatic N) is 2. The van der Waals surface area contributed by atoms with E-state index in [4.69, 9.17) is 4.74 Å². The average molecular weight is 363 g/mol. The summed E-state index contributed by atoms with van der Waals surface area (Å²) in [6, 6.07) is 6.42. The summed E-state index contributed by atoms with van der Waals surface area (Å²) in [4.78, 5) is 28.6. The number of halogens is 1. The summed E-state index contributed by atoms with van der Waals surface area (Å²) in [7, 11) is 3.42. The fraction of sp³-hybridized carbons (Fsp3) is 0.579. The minimum absolute atomic E-state index is 0.0297. The first-order valence-electron chi connectivity index (χ1n) is 9.04. The average Bonchev–Trinajstić information content (AvgIpc) is 3.01. The van der Waals surface area contributed by atoms with Crippen LogP contribution in [-0.2, 0) is 20.9 Å². The van der Waals surface area contributed by atoms with Crippen LogP contribution in [0.1, 0.15) is 24.8 Å². The maximum absolute atomic E-state index is 13.1. The highest BCUT2D eigenvalue weighted by Crippen LogP contribution is 2.28. The second-order valence-corrected chi connectivity index (χ2v) is 7.08. The molecule has 2 aliphatic rings. The molecule has 6 nitrogen and oxygen atoms in total. The number of methoxy groups -OCH3 is 1. The molecule has 2 aliphatic heterocycles. The van der Waals surface area contributed by atoms with Gasteiger partial charge in [-0.25, -0.2) is 4.39 Å². The van der Waals surface area contributed by atoms with Gasteiger partial charge in [-0.15, -0.1) is 0 Å². The molecule has 26 heavy (non-hydrogen) atoms. The Hall–Kier alpha value is -1.99. The molecule has 7 heteroatoms. The van der Waals surface area contributed by atoms with E-state index in [2.05, 4.69) is 15.1 Å². The van der Waals surface area contributed by atoms with Crippen LogP contribution in [0.3, 0.4) is 0 Å². The van der Waals surface area contributed by atoms with Crippen LogP contribution >= 0.6 is 0 Å². The van der Waals surface area contributed by atoms with Crippen LogP contribution in [0.4, 0.5) is 4.39 Å². The summed E-state index contributed by atoms with van der Waals surface area (Å²) in [5.74, 6) is -0.453. The van der Waals surface area contributed by atoms with Crippen LogP contribution in [0.25, 0.3) is 0 Å². The lowest BCUT2D eigenvalue weighted by molar-refractivity contribution is -0.141. The van der Waals surface area contributed by atoms with E-state index in [1.165, 1.54) is 19.2 Å². The maximum Gasteiger partial charge on any atom is 0.305 e. The summed E-state index contributed by atoms with van der Waals surface area (Å²) in [5, 5.41) is 3.03. The predicted octanol–water partition coefficient (Wildman–Crippen LogP) is 1.15. The Bertz CT molecular complexity index is 652. The van der Waals surface area contributed by atoms with Gasteiger partial charge in [0.25, 0.3) is 0 Å². The standard InChI is InChI=1S/C19H26FN3O3/c1-22-15(7-8-17(24)26-2)11-21-19(25)18-16(22)9-10-23(18)12-13-3-5-14(20)6-4-13/h3-6,15-16,18H,7-12H2,1-2H3,(H,21,25)/t15-,16-,18-/m0/s1. The molecule has 0 radical (unpaired) electrons. The lowest BCUT2D eigenvalue weighted by Gasteiger charge is -2.33. The molecule has 2 heterocycles. The normalized spacial score (nSPS) is 26.9. The Morgan fingerprint density at radius 2 is 2.08 bits per heavy atom. The molecule has 2 saturated heterocycles. The van der Waals surface area contributed by atoms with Crippen molar-refractivity contribution in [3.05, 3.63) is 35.6 Å². The van der Waals surface area contributed by atoms with Crippen LogP contribution in [0.15, 0.2) is 24.3 Å². The number of fused-ring (bicyclic) bond motifs is 1. The Kier molecular flexibility index (Phi) is 5.88. The van der Waals surface area contributed by atoms with Gasteiger partial charge in [0.1, 0.15) is 11.9 Å². The summed E-state index contributed by atoms with van der Waals surface area (Å²) in [6.45, 7) is 1.97. The molecule has 0 aliphatic carbocycles.